The molecule has 0 aliphatic rings. The van der Waals surface area contributed by atoms with Gasteiger partial charge in [0.05, 0.1) is 28.7 Å². The van der Waals surface area contributed by atoms with Gasteiger partial charge in [0.2, 0.25) is 0 Å². The number of ether oxygens (including phenoxy) is 2. The SMILES string of the molecule is CCOC(=O)c1c(Cl)ccc(Cl)c1OC.Cc1ccc(S(=O)(=O)O)cc1. The summed E-state index contributed by atoms with van der Waals surface area (Å²) in [6.07, 6.45) is 0. The van der Waals surface area contributed by atoms with Crippen LogP contribution in [-0.2, 0) is 14.9 Å². The summed E-state index contributed by atoms with van der Waals surface area (Å²) in [7, 11) is -2.60. The molecule has 2 aromatic carbocycles. The fraction of sp³-hybridized carbons (Fsp3) is 0.235. The molecule has 0 unspecified atom stereocenters. The summed E-state index contributed by atoms with van der Waals surface area (Å²) in [5, 5.41) is 0.583. The van der Waals surface area contributed by atoms with Crippen molar-refractivity contribution in [3.8, 4) is 5.75 Å². The number of halogens is 2. The van der Waals surface area contributed by atoms with Crippen LogP contribution in [0.3, 0.4) is 0 Å². The van der Waals surface area contributed by atoms with Gasteiger partial charge >= 0.3 is 5.97 Å². The molecule has 9 heteroatoms. The van der Waals surface area contributed by atoms with Crippen molar-refractivity contribution in [2.75, 3.05) is 13.7 Å². The van der Waals surface area contributed by atoms with Gasteiger partial charge in [0, 0.05) is 0 Å². The molecule has 0 saturated carbocycles. The maximum absolute atomic E-state index is 11.6. The van der Waals surface area contributed by atoms with Crippen molar-refractivity contribution in [1.82, 2.24) is 0 Å². The van der Waals surface area contributed by atoms with Crippen LogP contribution in [0.4, 0.5) is 0 Å². The van der Waals surface area contributed by atoms with Crippen LogP contribution in [0.25, 0.3) is 0 Å². The molecule has 0 aromatic heterocycles. The first-order chi connectivity index (χ1) is 12.1. The summed E-state index contributed by atoms with van der Waals surface area (Å²) in [5.41, 5.74) is 1.12. The fourth-order valence-electron chi connectivity index (χ4n) is 1.84. The van der Waals surface area contributed by atoms with Crippen LogP contribution in [0.1, 0.15) is 22.8 Å². The lowest BCUT2D eigenvalue weighted by Crippen LogP contribution is -2.07. The lowest BCUT2D eigenvalue weighted by Gasteiger charge is -2.10. The Morgan fingerprint density at radius 1 is 1.08 bits per heavy atom. The molecule has 1 N–H and O–H groups in total. The predicted octanol–water partition coefficient (Wildman–Crippen LogP) is 4.42. The number of methoxy groups -OCH3 is 1. The molecular formula is C17H18Cl2O6S. The summed E-state index contributed by atoms with van der Waals surface area (Å²) in [5.74, 6) is -0.301. The van der Waals surface area contributed by atoms with Crippen LogP contribution >= 0.6 is 23.2 Å². The minimum absolute atomic E-state index is 0.0666. The summed E-state index contributed by atoms with van der Waals surface area (Å²) in [6, 6.07) is 9.08. The molecule has 2 rings (SSSR count). The predicted molar refractivity (Wildman–Crippen MR) is 100.0 cm³/mol. The Labute approximate surface area is 162 Å². The third kappa shape index (κ3) is 6.17. The first-order valence-electron chi connectivity index (χ1n) is 7.35. The minimum atomic E-state index is -4.02. The van der Waals surface area contributed by atoms with Crippen LogP contribution in [0.2, 0.25) is 10.0 Å². The summed E-state index contributed by atoms with van der Waals surface area (Å²) in [4.78, 5) is 11.5. The Balaban J connectivity index is 0.000000273. The van der Waals surface area contributed by atoms with Crippen LogP contribution in [0.5, 0.6) is 5.75 Å². The van der Waals surface area contributed by atoms with Crippen LogP contribution < -0.4 is 4.74 Å². The van der Waals surface area contributed by atoms with E-state index in [0.717, 1.165) is 5.56 Å². The molecule has 0 aliphatic carbocycles. The van der Waals surface area contributed by atoms with Crippen LogP contribution in [0, 0.1) is 6.92 Å². The maximum Gasteiger partial charge on any atom is 0.343 e. The lowest BCUT2D eigenvalue weighted by molar-refractivity contribution is 0.0523. The van der Waals surface area contributed by atoms with E-state index in [9.17, 15) is 13.2 Å². The molecule has 0 bridgehead atoms. The highest BCUT2D eigenvalue weighted by atomic mass is 35.5. The third-order valence-electron chi connectivity index (χ3n) is 3.06. The van der Waals surface area contributed by atoms with Crippen LogP contribution in [0.15, 0.2) is 41.3 Å². The van der Waals surface area contributed by atoms with Gasteiger partial charge in [0.1, 0.15) is 5.56 Å². The topological polar surface area (TPSA) is 89.9 Å². The molecule has 26 heavy (non-hydrogen) atoms. The Morgan fingerprint density at radius 3 is 2.08 bits per heavy atom. The highest BCUT2D eigenvalue weighted by Gasteiger charge is 2.20. The van der Waals surface area contributed by atoms with Crippen molar-refractivity contribution < 1.29 is 27.2 Å². The third-order valence-corrected chi connectivity index (χ3v) is 4.54. The van der Waals surface area contributed by atoms with Gasteiger partial charge in [-0.15, -0.1) is 0 Å². The van der Waals surface area contributed by atoms with E-state index in [1.807, 2.05) is 6.92 Å². The van der Waals surface area contributed by atoms with Crippen LogP contribution in [-0.4, -0.2) is 32.7 Å². The highest BCUT2D eigenvalue weighted by molar-refractivity contribution is 7.85. The minimum Gasteiger partial charge on any atom is -0.494 e. The summed E-state index contributed by atoms with van der Waals surface area (Å²) in [6.45, 7) is 3.82. The molecule has 142 valence electrons. The van der Waals surface area contributed by atoms with Gasteiger partial charge in [-0.3, -0.25) is 4.55 Å². The van der Waals surface area contributed by atoms with Gasteiger partial charge in [-0.25, -0.2) is 4.79 Å². The number of rotatable bonds is 4. The van der Waals surface area contributed by atoms with Crippen molar-refractivity contribution in [1.29, 1.82) is 0 Å². The lowest BCUT2D eigenvalue weighted by atomic mass is 10.2. The number of carbonyl (C=O) groups is 1. The molecule has 0 fully saturated rings. The molecule has 0 heterocycles. The van der Waals surface area contributed by atoms with E-state index < -0.39 is 16.1 Å². The first kappa shape index (κ1) is 22.2. The van der Waals surface area contributed by atoms with Gasteiger partial charge in [-0.2, -0.15) is 8.42 Å². The molecule has 0 saturated heterocycles. The van der Waals surface area contributed by atoms with E-state index in [1.165, 1.54) is 25.3 Å². The normalized spacial score (nSPS) is 10.5. The molecule has 2 aromatic rings. The average Bonchev–Trinajstić information content (AvgIpc) is 2.57. The average molecular weight is 421 g/mol. The second-order valence-electron chi connectivity index (χ2n) is 4.95. The smallest absolute Gasteiger partial charge is 0.343 e. The zero-order valence-electron chi connectivity index (χ0n) is 14.3. The Kier molecular flexibility index (Phi) is 8.36. The number of benzene rings is 2. The number of hydrogen-bond acceptors (Lipinski definition) is 5. The van der Waals surface area contributed by atoms with Crippen molar-refractivity contribution >= 4 is 39.3 Å². The van der Waals surface area contributed by atoms with Crippen molar-refractivity contribution in [3.05, 3.63) is 57.6 Å². The fourth-order valence-corrected chi connectivity index (χ4v) is 2.78. The van der Waals surface area contributed by atoms with Gasteiger partial charge in [-0.1, -0.05) is 40.9 Å². The maximum atomic E-state index is 11.6. The van der Waals surface area contributed by atoms with Crippen molar-refractivity contribution in [3.63, 3.8) is 0 Å². The van der Waals surface area contributed by atoms with Gasteiger partial charge < -0.3 is 9.47 Å². The molecule has 0 aliphatic heterocycles. The number of hydrogen-bond donors (Lipinski definition) is 1. The highest BCUT2D eigenvalue weighted by Crippen LogP contribution is 2.34. The second-order valence-corrected chi connectivity index (χ2v) is 7.18. The molecule has 6 nitrogen and oxygen atoms in total. The van der Waals surface area contributed by atoms with E-state index in [-0.39, 0.29) is 27.8 Å². The van der Waals surface area contributed by atoms with Gasteiger partial charge in [-0.05, 0) is 38.1 Å². The van der Waals surface area contributed by atoms with Crippen molar-refractivity contribution in [2.45, 2.75) is 18.7 Å². The number of carbonyl (C=O) groups excluding carboxylic acids is 1. The zero-order valence-corrected chi connectivity index (χ0v) is 16.7. The molecule has 0 radical (unpaired) electrons. The van der Waals surface area contributed by atoms with E-state index in [2.05, 4.69) is 0 Å². The summed E-state index contributed by atoms with van der Waals surface area (Å²) >= 11 is 11.7. The monoisotopic (exact) mass is 420 g/mol. The van der Waals surface area contributed by atoms with Gasteiger partial charge in [0.15, 0.2) is 5.75 Å². The summed E-state index contributed by atoms with van der Waals surface area (Å²) < 4.78 is 39.4. The van der Waals surface area contributed by atoms with E-state index in [1.54, 1.807) is 25.1 Å². The Bertz CT molecular complexity index is 864. The Hall–Kier alpha value is -1.80. The molecule has 0 atom stereocenters. The second kappa shape index (κ2) is 9.78. The quantitative estimate of drug-likeness (QED) is 0.581. The Morgan fingerprint density at radius 2 is 1.62 bits per heavy atom. The molecule has 0 amide bonds. The number of esters is 1. The van der Waals surface area contributed by atoms with E-state index in [4.69, 9.17) is 37.2 Å². The first-order valence-corrected chi connectivity index (χ1v) is 9.54. The zero-order chi connectivity index (χ0) is 19.9. The standard InChI is InChI=1S/C10H10Cl2O3.C7H8O3S/c1-3-15-10(13)8-6(11)4-5-7(12)9(8)14-2;1-6-2-4-7(5-3-6)11(8,9)10/h4-5H,3H2,1-2H3;2-5H,1H3,(H,8,9,10). The molecule has 0 spiro atoms. The van der Waals surface area contributed by atoms with E-state index in [0.29, 0.717) is 5.02 Å². The van der Waals surface area contributed by atoms with E-state index >= 15 is 0 Å². The molecular weight excluding hydrogens is 403 g/mol. The largest absolute Gasteiger partial charge is 0.494 e. The van der Waals surface area contributed by atoms with Gasteiger partial charge in [0.25, 0.3) is 10.1 Å². The van der Waals surface area contributed by atoms with Crippen molar-refractivity contribution in [2.24, 2.45) is 0 Å². The number of aryl methyl sites for hydroxylation is 1.